The van der Waals surface area contributed by atoms with Gasteiger partial charge in [-0.05, 0) is 44.4 Å². The van der Waals surface area contributed by atoms with Crippen LogP contribution in [0.15, 0.2) is 18.2 Å². The average molecular weight is 279 g/mol. The Bertz CT molecular complexity index is 585. The molecule has 0 N–H and O–H groups in total. The van der Waals surface area contributed by atoms with E-state index in [1.807, 2.05) is 6.92 Å². The molecular formula is C15H19ClN2O. The molecule has 2 aromatic rings. The zero-order valence-corrected chi connectivity index (χ0v) is 12.2. The molecule has 0 saturated carbocycles. The van der Waals surface area contributed by atoms with Gasteiger partial charge in [-0.2, -0.15) is 0 Å². The standard InChI is InChI=1S/C15H19ClN2O/c1-10-5-6-13-14(8-10)18(15(17-13)11(2)16)12-4-3-7-19-9-12/h5-6,8,11-12H,3-4,7,9H2,1-2H3. The van der Waals surface area contributed by atoms with Gasteiger partial charge >= 0.3 is 0 Å². The predicted octanol–water partition coefficient (Wildman–Crippen LogP) is 4.00. The van der Waals surface area contributed by atoms with Crippen molar-refractivity contribution in [2.45, 2.75) is 38.1 Å². The highest BCUT2D eigenvalue weighted by Crippen LogP contribution is 2.31. The van der Waals surface area contributed by atoms with Crippen molar-refractivity contribution in [3.8, 4) is 0 Å². The topological polar surface area (TPSA) is 27.1 Å². The number of ether oxygens (including phenoxy) is 1. The Morgan fingerprint density at radius 3 is 3.00 bits per heavy atom. The first-order valence-corrected chi connectivity index (χ1v) is 7.31. The molecule has 0 bridgehead atoms. The third-order valence-corrected chi connectivity index (χ3v) is 3.92. The molecule has 2 unspecified atom stereocenters. The Hall–Kier alpha value is -1.06. The molecule has 1 aliphatic rings. The van der Waals surface area contributed by atoms with Crippen molar-refractivity contribution in [2.24, 2.45) is 0 Å². The number of alkyl halides is 1. The Morgan fingerprint density at radius 1 is 1.47 bits per heavy atom. The van der Waals surface area contributed by atoms with Crippen LogP contribution < -0.4 is 0 Å². The van der Waals surface area contributed by atoms with E-state index >= 15 is 0 Å². The summed E-state index contributed by atoms with van der Waals surface area (Å²) in [7, 11) is 0. The summed E-state index contributed by atoms with van der Waals surface area (Å²) in [6, 6.07) is 6.73. The van der Waals surface area contributed by atoms with Crippen LogP contribution in [0.3, 0.4) is 0 Å². The molecule has 1 aromatic carbocycles. The first-order valence-electron chi connectivity index (χ1n) is 6.87. The highest BCUT2D eigenvalue weighted by Gasteiger charge is 2.23. The second kappa shape index (κ2) is 5.14. The van der Waals surface area contributed by atoms with E-state index in [0.717, 1.165) is 37.4 Å². The van der Waals surface area contributed by atoms with E-state index in [0.29, 0.717) is 6.04 Å². The predicted molar refractivity (Wildman–Crippen MR) is 77.8 cm³/mol. The van der Waals surface area contributed by atoms with Gasteiger partial charge in [0.25, 0.3) is 0 Å². The first-order chi connectivity index (χ1) is 9.16. The Kier molecular flexibility index (Phi) is 3.50. The van der Waals surface area contributed by atoms with E-state index in [1.54, 1.807) is 0 Å². The molecular weight excluding hydrogens is 260 g/mol. The summed E-state index contributed by atoms with van der Waals surface area (Å²) in [5.74, 6) is 0.956. The van der Waals surface area contributed by atoms with Crippen molar-refractivity contribution in [3.63, 3.8) is 0 Å². The number of aromatic nitrogens is 2. The zero-order valence-electron chi connectivity index (χ0n) is 11.4. The lowest BCUT2D eigenvalue weighted by atomic mass is 10.1. The summed E-state index contributed by atoms with van der Waals surface area (Å²) < 4.78 is 7.92. The minimum Gasteiger partial charge on any atom is -0.379 e. The molecule has 1 fully saturated rings. The molecule has 19 heavy (non-hydrogen) atoms. The van der Waals surface area contributed by atoms with E-state index in [9.17, 15) is 0 Å². The minimum atomic E-state index is -0.0883. The maximum Gasteiger partial charge on any atom is 0.128 e. The SMILES string of the molecule is Cc1ccc2nc(C(C)Cl)n(C3CCCOC3)c2c1. The fourth-order valence-corrected chi connectivity index (χ4v) is 2.97. The van der Waals surface area contributed by atoms with Gasteiger partial charge in [-0.25, -0.2) is 4.98 Å². The van der Waals surface area contributed by atoms with Gasteiger partial charge < -0.3 is 9.30 Å². The van der Waals surface area contributed by atoms with Crippen molar-refractivity contribution >= 4 is 22.6 Å². The largest absolute Gasteiger partial charge is 0.379 e. The van der Waals surface area contributed by atoms with Crippen LogP contribution in [0.5, 0.6) is 0 Å². The fraction of sp³-hybridized carbons (Fsp3) is 0.533. The number of aryl methyl sites for hydroxylation is 1. The summed E-state index contributed by atoms with van der Waals surface area (Å²) in [4.78, 5) is 4.70. The molecule has 2 atom stereocenters. The normalized spacial score (nSPS) is 21.7. The van der Waals surface area contributed by atoms with Gasteiger partial charge in [0.15, 0.2) is 0 Å². The summed E-state index contributed by atoms with van der Waals surface area (Å²) in [5.41, 5.74) is 3.45. The van der Waals surface area contributed by atoms with Gasteiger partial charge in [-0.3, -0.25) is 0 Å². The molecule has 3 rings (SSSR count). The first kappa shape index (κ1) is 12.9. The summed E-state index contributed by atoms with van der Waals surface area (Å²) in [6.07, 6.45) is 2.24. The average Bonchev–Trinajstić information content (AvgIpc) is 2.78. The molecule has 102 valence electrons. The van der Waals surface area contributed by atoms with Crippen LogP contribution in [0.25, 0.3) is 11.0 Å². The fourth-order valence-electron chi connectivity index (χ4n) is 2.81. The second-order valence-corrected chi connectivity index (χ2v) is 5.97. The van der Waals surface area contributed by atoms with E-state index in [1.165, 1.54) is 11.1 Å². The molecule has 4 heteroatoms. The van der Waals surface area contributed by atoms with Gasteiger partial charge in [0.1, 0.15) is 5.82 Å². The molecule has 1 aliphatic heterocycles. The number of halogens is 1. The van der Waals surface area contributed by atoms with E-state index < -0.39 is 0 Å². The highest BCUT2D eigenvalue weighted by molar-refractivity contribution is 6.20. The number of imidazole rings is 1. The smallest absolute Gasteiger partial charge is 0.128 e. The Labute approximate surface area is 118 Å². The van der Waals surface area contributed by atoms with Gasteiger partial charge in [0, 0.05) is 6.61 Å². The molecule has 0 amide bonds. The van der Waals surface area contributed by atoms with Crippen molar-refractivity contribution in [1.29, 1.82) is 0 Å². The van der Waals surface area contributed by atoms with Crippen molar-refractivity contribution < 1.29 is 4.74 Å². The summed E-state index contributed by atoms with van der Waals surface area (Å²) in [5, 5.41) is -0.0883. The van der Waals surface area contributed by atoms with Gasteiger partial charge in [-0.1, -0.05) is 6.07 Å². The number of nitrogens with zero attached hydrogens (tertiary/aromatic N) is 2. The Morgan fingerprint density at radius 2 is 2.32 bits per heavy atom. The van der Waals surface area contributed by atoms with Crippen LogP contribution in [0.1, 0.15) is 42.6 Å². The second-order valence-electron chi connectivity index (χ2n) is 5.32. The van der Waals surface area contributed by atoms with Crippen molar-refractivity contribution in [1.82, 2.24) is 9.55 Å². The molecule has 1 aromatic heterocycles. The van der Waals surface area contributed by atoms with Crippen LogP contribution in [-0.2, 0) is 4.74 Å². The lowest BCUT2D eigenvalue weighted by molar-refractivity contribution is 0.0595. The van der Waals surface area contributed by atoms with Crippen molar-refractivity contribution in [2.75, 3.05) is 13.2 Å². The number of hydrogen-bond donors (Lipinski definition) is 0. The number of hydrogen-bond acceptors (Lipinski definition) is 2. The maximum atomic E-state index is 6.31. The number of benzene rings is 1. The number of fused-ring (bicyclic) bond motifs is 1. The molecule has 0 spiro atoms. The molecule has 1 saturated heterocycles. The molecule has 0 aliphatic carbocycles. The Balaban J connectivity index is 2.17. The lowest BCUT2D eigenvalue weighted by Gasteiger charge is -2.26. The maximum absolute atomic E-state index is 6.31. The van der Waals surface area contributed by atoms with Crippen LogP contribution in [0, 0.1) is 6.92 Å². The van der Waals surface area contributed by atoms with Crippen LogP contribution >= 0.6 is 11.6 Å². The van der Waals surface area contributed by atoms with Crippen LogP contribution in [0.2, 0.25) is 0 Å². The van der Waals surface area contributed by atoms with E-state index in [4.69, 9.17) is 21.3 Å². The summed E-state index contributed by atoms with van der Waals surface area (Å²) in [6.45, 7) is 5.72. The van der Waals surface area contributed by atoms with Crippen molar-refractivity contribution in [3.05, 3.63) is 29.6 Å². The van der Waals surface area contributed by atoms with Gasteiger partial charge in [0.2, 0.25) is 0 Å². The minimum absolute atomic E-state index is 0.0883. The monoisotopic (exact) mass is 278 g/mol. The van der Waals surface area contributed by atoms with Crippen LogP contribution in [0.4, 0.5) is 0 Å². The molecule has 2 heterocycles. The van der Waals surface area contributed by atoms with E-state index in [2.05, 4.69) is 29.7 Å². The van der Waals surface area contributed by atoms with Gasteiger partial charge in [0.05, 0.1) is 29.1 Å². The summed E-state index contributed by atoms with van der Waals surface area (Å²) >= 11 is 6.31. The highest BCUT2D eigenvalue weighted by atomic mass is 35.5. The molecule has 3 nitrogen and oxygen atoms in total. The zero-order chi connectivity index (χ0) is 13.4. The quantitative estimate of drug-likeness (QED) is 0.777. The van der Waals surface area contributed by atoms with Crippen LogP contribution in [-0.4, -0.2) is 22.8 Å². The van der Waals surface area contributed by atoms with E-state index in [-0.39, 0.29) is 5.38 Å². The number of rotatable bonds is 2. The third kappa shape index (κ3) is 2.37. The molecule has 0 radical (unpaired) electrons. The lowest BCUT2D eigenvalue weighted by Crippen LogP contribution is -2.23. The van der Waals surface area contributed by atoms with Gasteiger partial charge in [-0.15, -0.1) is 11.6 Å². The third-order valence-electron chi connectivity index (χ3n) is 3.73.